The van der Waals surface area contributed by atoms with Crippen LogP contribution in [0.15, 0.2) is 16.6 Å². The summed E-state index contributed by atoms with van der Waals surface area (Å²) in [4.78, 5) is 0. The first kappa shape index (κ1) is 8.81. The second-order valence-electron chi connectivity index (χ2n) is 2.03. The highest BCUT2D eigenvalue weighted by Crippen LogP contribution is 2.26. The van der Waals surface area contributed by atoms with Gasteiger partial charge in [0.2, 0.25) is 0 Å². The summed E-state index contributed by atoms with van der Waals surface area (Å²) in [5, 5.41) is 9.07. The molecule has 0 unspecified atom stereocenters. The van der Waals surface area contributed by atoms with Crippen molar-refractivity contribution in [1.29, 1.82) is 0 Å². The van der Waals surface area contributed by atoms with Gasteiger partial charge in [-0.25, -0.2) is 4.39 Å². The predicted molar refractivity (Wildman–Crippen MR) is 45.3 cm³/mol. The normalized spacial score (nSPS) is 10.1. The van der Waals surface area contributed by atoms with E-state index in [4.69, 9.17) is 16.7 Å². The molecule has 11 heavy (non-hydrogen) atoms. The van der Waals surface area contributed by atoms with E-state index < -0.39 is 5.82 Å². The molecule has 0 aliphatic carbocycles. The summed E-state index contributed by atoms with van der Waals surface area (Å²) in [5.41, 5.74) is 0.514. The van der Waals surface area contributed by atoms with E-state index in [1.54, 1.807) is 0 Å². The summed E-state index contributed by atoms with van der Waals surface area (Å²) in [7, 11) is 0. The molecule has 0 radical (unpaired) electrons. The molecule has 4 heteroatoms. The number of aromatic hydroxyl groups is 1. The Labute approximate surface area is 76.9 Å². The first-order chi connectivity index (χ1) is 5.15. The average Bonchev–Trinajstić information content (AvgIpc) is 1.97. The van der Waals surface area contributed by atoms with Gasteiger partial charge in [0.25, 0.3) is 0 Å². The van der Waals surface area contributed by atoms with Crippen molar-refractivity contribution in [3.63, 3.8) is 0 Å². The van der Waals surface area contributed by atoms with Gasteiger partial charge in [0.05, 0.1) is 10.4 Å². The topological polar surface area (TPSA) is 20.2 Å². The van der Waals surface area contributed by atoms with Crippen molar-refractivity contribution in [2.75, 3.05) is 0 Å². The van der Waals surface area contributed by atoms with Gasteiger partial charge in [-0.15, -0.1) is 11.6 Å². The summed E-state index contributed by atoms with van der Waals surface area (Å²) in [6, 6.07) is 2.49. The van der Waals surface area contributed by atoms with Crippen molar-refractivity contribution in [2.45, 2.75) is 5.88 Å². The van der Waals surface area contributed by atoms with E-state index in [2.05, 4.69) is 15.9 Å². The number of alkyl halides is 1. The molecule has 0 aliphatic rings. The van der Waals surface area contributed by atoms with Gasteiger partial charge in [0, 0.05) is 11.6 Å². The van der Waals surface area contributed by atoms with Crippen LogP contribution >= 0.6 is 27.5 Å². The number of phenolic OH excluding ortho intramolecular Hbond substituents is 1. The molecule has 0 saturated heterocycles. The SMILES string of the molecule is Oc1cc(F)c(Br)cc1CCl. The molecule has 1 rings (SSSR count). The van der Waals surface area contributed by atoms with Crippen molar-refractivity contribution in [1.82, 2.24) is 0 Å². The van der Waals surface area contributed by atoms with Crippen LogP contribution in [0.2, 0.25) is 0 Å². The fourth-order valence-corrected chi connectivity index (χ4v) is 1.29. The van der Waals surface area contributed by atoms with Crippen LogP contribution in [0.3, 0.4) is 0 Å². The fourth-order valence-electron chi connectivity index (χ4n) is 0.685. The summed E-state index contributed by atoms with van der Waals surface area (Å²) in [5.74, 6) is -0.429. The lowest BCUT2D eigenvalue weighted by Gasteiger charge is -2.01. The monoisotopic (exact) mass is 238 g/mol. The highest BCUT2D eigenvalue weighted by molar-refractivity contribution is 9.10. The Kier molecular flexibility index (Phi) is 2.73. The zero-order valence-electron chi connectivity index (χ0n) is 5.44. The summed E-state index contributed by atoms with van der Waals surface area (Å²) < 4.78 is 13.0. The largest absolute Gasteiger partial charge is 0.508 e. The zero-order valence-corrected chi connectivity index (χ0v) is 7.78. The van der Waals surface area contributed by atoms with Gasteiger partial charge < -0.3 is 5.11 Å². The maximum Gasteiger partial charge on any atom is 0.141 e. The van der Waals surface area contributed by atoms with Crippen LogP contribution in [0.4, 0.5) is 4.39 Å². The fraction of sp³-hybridized carbons (Fsp3) is 0.143. The summed E-state index contributed by atoms with van der Waals surface area (Å²) in [6.45, 7) is 0. The van der Waals surface area contributed by atoms with E-state index in [1.165, 1.54) is 6.07 Å². The number of hydrogen-bond acceptors (Lipinski definition) is 1. The number of benzene rings is 1. The zero-order chi connectivity index (χ0) is 8.43. The van der Waals surface area contributed by atoms with Gasteiger partial charge in [-0.1, -0.05) is 0 Å². The second kappa shape index (κ2) is 3.41. The van der Waals surface area contributed by atoms with E-state index in [0.29, 0.717) is 10.0 Å². The maximum absolute atomic E-state index is 12.6. The molecule has 0 saturated carbocycles. The molecular formula is C7H5BrClFO. The third kappa shape index (κ3) is 1.84. The van der Waals surface area contributed by atoms with Gasteiger partial charge in [-0.2, -0.15) is 0 Å². The lowest BCUT2D eigenvalue weighted by Crippen LogP contribution is -1.83. The van der Waals surface area contributed by atoms with E-state index in [0.717, 1.165) is 6.07 Å². The van der Waals surface area contributed by atoms with E-state index >= 15 is 0 Å². The molecule has 0 fully saturated rings. The molecule has 0 amide bonds. The lowest BCUT2D eigenvalue weighted by molar-refractivity contribution is 0.463. The highest BCUT2D eigenvalue weighted by Gasteiger charge is 2.05. The smallest absolute Gasteiger partial charge is 0.141 e. The van der Waals surface area contributed by atoms with Crippen LogP contribution in [0.5, 0.6) is 5.75 Å². The van der Waals surface area contributed by atoms with Crippen molar-refractivity contribution in [2.24, 2.45) is 0 Å². The van der Waals surface area contributed by atoms with Crippen LogP contribution in [0.1, 0.15) is 5.56 Å². The van der Waals surface area contributed by atoms with Crippen molar-refractivity contribution >= 4 is 27.5 Å². The quantitative estimate of drug-likeness (QED) is 0.747. The molecule has 0 bridgehead atoms. The standard InChI is InChI=1S/C7H5BrClFO/c8-5-1-4(3-9)7(11)2-6(5)10/h1-2,11H,3H2. The Morgan fingerprint density at radius 1 is 1.55 bits per heavy atom. The Hall–Kier alpha value is -0.280. The van der Waals surface area contributed by atoms with Crippen LogP contribution in [0.25, 0.3) is 0 Å². The average molecular weight is 239 g/mol. The number of rotatable bonds is 1. The number of phenols is 1. The minimum Gasteiger partial charge on any atom is -0.508 e. The van der Waals surface area contributed by atoms with E-state index in [1.807, 2.05) is 0 Å². The Bertz CT molecular complexity index is 277. The first-order valence-corrected chi connectivity index (χ1v) is 4.20. The lowest BCUT2D eigenvalue weighted by atomic mass is 10.2. The van der Waals surface area contributed by atoms with E-state index in [9.17, 15) is 4.39 Å². The molecule has 0 atom stereocenters. The Morgan fingerprint density at radius 3 is 2.73 bits per heavy atom. The van der Waals surface area contributed by atoms with Crippen LogP contribution in [0, 0.1) is 5.82 Å². The Balaban J connectivity index is 3.21. The van der Waals surface area contributed by atoms with Gasteiger partial charge in [0.1, 0.15) is 11.6 Å². The molecule has 1 N–H and O–H groups in total. The minimum atomic E-state index is -0.489. The van der Waals surface area contributed by atoms with Gasteiger partial charge in [-0.3, -0.25) is 0 Å². The summed E-state index contributed by atoms with van der Waals surface area (Å²) >= 11 is 8.43. The van der Waals surface area contributed by atoms with Crippen molar-refractivity contribution in [3.8, 4) is 5.75 Å². The third-order valence-corrected chi connectivity index (χ3v) is 2.16. The molecule has 0 aromatic heterocycles. The van der Waals surface area contributed by atoms with Crippen LogP contribution in [-0.4, -0.2) is 5.11 Å². The molecule has 60 valence electrons. The van der Waals surface area contributed by atoms with Gasteiger partial charge >= 0.3 is 0 Å². The van der Waals surface area contributed by atoms with Crippen molar-refractivity contribution < 1.29 is 9.50 Å². The molecule has 1 aromatic carbocycles. The van der Waals surface area contributed by atoms with Crippen LogP contribution in [-0.2, 0) is 5.88 Å². The molecule has 0 aliphatic heterocycles. The van der Waals surface area contributed by atoms with Gasteiger partial charge in [0.15, 0.2) is 0 Å². The Morgan fingerprint density at radius 2 is 2.18 bits per heavy atom. The number of halogens is 3. The molecule has 0 heterocycles. The molecular weight excluding hydrogens is 234 g/mol. The third-order valence-electron chi connectivity index (χ3n) is 1.27. The van der Waals surface area contributed by atoms with Crippen molar-refractivity contribution in [3.05, 3.63) is 28.0 Å². The van der Waals surface area contributed by atoms with E-state index in [-0.39, 0.29) is 11.6 Å². The first-order valence-electron chi connectivity index (χ1n) is 2.88. The number of hydrogen-bond donors (Lipinski definition) is 1. The summed E-state index contributed by atoms with van der Waals surface area (Å²) in [6.07, 6.45) is 0. The second-order valence-corrected chi connectivity index (χ2v) is 3.15. The predicted octanol–water partition coefficient (Wildman–Crippen LogP) is 3.03. The maximum atomic E-state index is 12.6. The molecule has 1 aromatic rings. The highest BCUT2D eigenvalue weighted by atomic mass is 79.9. The van der Waals surface area contributed by atoms with Gasteiger partial charge in [-0.05, 0) is 22.0 Å². The van der Waals surface area contributed by atoms with Crippen LogP contribution < -0.4 is 0 Å². The molecule has 0 spiro atoms. The molecule has 1 nitrogen and oxygen atoms in total. The minimum absolute atomic E-state index is 0.110.